The van der Waals surface area contributed by atoms with E-state index in [2.05, 4.69) is 5.32 Å². The number of nitrogens with one attached hydrogen (secondary N) is 1. The van der Waals surface area contributed by atoms with Crippen molar-refractivity contribution in [1.82, 2.24) is 5.32 Å². The van der Waals surface area contributed by atoms with Crippen LogP contribution >= 0.6 is 0 Å². The van der Waals surface area contributed by atoms with Gasteiger partial charge >= 0.3 is 0 Å². The summed E-state index contributed by atoms with van der Waals surface area (Å²) in [5.74, 6) is 2.11. The minimum Gasteiger partial charge on any atom is -0.496 e. The summed E-state index contributed by atoms with van der Waals surface area (Å²) in [6, 6.07) is 3.74. The van der Waals surface area contributed by atoms with Gasteiger partial charge in [0.1, 0.15) is 5.75 Å². The van der Waals surface area contributed by atoms with Crippen LogP contribution in [0.4, 0.5) is 0 Å². The average molecular weight is 283 g/mol. The van der Waals surface area contributed by atoms with Gasteiger partial charge in [-0.2, -0.15) is 0 Å². The fourth-order valence-corrected chi connectivity index (χ4v) is 1.98. The second-order valence-electron chi connectivity index (χ2n) is 4.69. The van der Waals surface area contributed by atoms with Gasteiger partial charge in [-0.25, -0.2) is 0 Å². The molecule has 1 rings (SSSR count). The number of methoxy groups -OCH3 is 3. The third kappa shape index (κ3) is 4.90. The standard InChI is InChI=1S/C15H25NO4/c1-11(17)6-5-7-16-10-12-8-14(19-3)15(20-4)9-13(12)18-2/h8-9,11,16-17H,5-7,10H2,1-4H3. The topological polar surface area (TPSA) is 60.0 Å². The van der Waals surface area contributed by atoms with Crippen LogP contribution in [0.25, 0.3) is 0 Å². The fraction of sp³-hybridized carbons (Fsp3) is 0.600. The molecule has 5 nitrogen and oxygen atoms in total. The summed E-state index contributed by atoms with van der Waals surface area (Å²) < 4.78 is 15.9. The predicted molar refractivity (Wildman–Crippen MR) is 78.7 cm³/mol. The van der Waals surface area contributed by atoms with Crippen molar-refractivity contribution in [1.29, 1.82) is 0 Å². The number of rotatable bonds is 9. The quantitative estimate of drug-likeness (QED) is 0.678. The van der Waals surface area contributed by atoms with E-state index in [-0.39, 0.29) is 6.10 Å². The third-order valence-corrected chi connectivity index (χ3v) is 3.08. The molecule has 0 saturated carbocycles. The smallest absolute Gasteiger partial charge is 0.164 e. The Kier molecular flexibility index (Phi) is 7.18. The van der Waals surface area contributed by atoms with E-state index < -0.39 is 0 Å². The van der Waals surface area contributed by atoms with Crippen molar-refractivity contribution in [3.63, 3.8) is 0 Å². The number of aliphatic hydroxyl groups is 1. The second kappa shape index (κ2) is 8.66. The van der Waals surface area contributed by atoms with Crippen molar-refractivity contribution in [2.75, 3.05) is 27.9 Å². The Morgan fingerprint density at radius 1 is 1.05 bits per heavy atom. The molecule has 0 saturated heterocycles. The van der Waals surface area contributed by atoms with Crippen molar-refractivity contribution < 1.29 is 19.3 Å². The largest absolute Gasteiger partial charge is 0.496 e. The molecule has 114 valence electrons. The molecule has 0 heterocycles. The van der Waals surface area contributed by atoms with E-state index in [0.717, 1.165) is 30.7 Å². The number of benzene rings is 1. The van der Waals surface area contributed by atoms with Crippen LogP contribution in [-0.4, -0.2) is 39.1 Å². The zero-order valence-electron chi connectivity index (χ0n) is 12.7. The molecule has 0 spiro atoms. The van der Waals surface area contributed by atoms with Gasteiger partial charge < -0.3 is 24.6 Å². The molecule has 0 aliphatic rings. The Morgan fingerprint density at radius 2 is 1.65 bits per heavy atom. The highest BCUT2D eigenvalue weighted by atomic mass is 16.5. The maximum Gasteiger partial charge on any atom is 0.164 e. The molecule has 20 heavy (non-hydrogen) atoms. The van der Waals surface area contributed by atoms with Crippen LogP contribution in [-0.2, 0) is 6.54 Å². The summed E-state index contributed by atoms with van der Waals surface area (Å²) in [5.41, 5.74) is 1.02. The molecule has 0 aromatic heterocycles. The van der Waals surface area contributed by atoms with E-state index in [1.165, 1.54) is 0 Å². The second-order valence-corrected chi connectivity index (χ2v) is 4.69. The minimum absolute atomic E-state index is 0.243. The maximum atomic E-state index is 9.20. The average Bonchev–Trinajstić information content (AvgIpc) is 2.45. The number of ether oxygens (including phenoxy) is 3. The SMILES string of the molecule is COc1cc(OC)c(OC)cc1CNCCCC(C)O. The molecule has 2 N–H and O–H groups in total. The lowest BCUT2D eigenvalue weighted by Crippen LogP contribution is -2.16. The number of hydrogen-bond donors (Lipinski definition) is 2. The van der Waals surface area contributed by atoms with Crippen LogP contribution in [0.3, 0.4) is 0 Å². The van der Waals surface area contributed by atoms with Crippen LogP contribution in [0.5, 0.6) is 17.2 Å². The Hall–Kier alpha value is -1.46. The van der Waals surface area contributed by atoms with Gasteiger partial charge in [-0.15, -0.1) is 0 Å². The van der Waals surface area contributed by atoms with Gasteiger partial charge in [-0.3, -0.25) is 0 Å². The number of hydrogen-bond acceptors (Lipinski definition) is 5. The molecule has 5 heteroatoms. The molecule has 0 aliphatic heterocycles. The minimum atomic E-state index is -0.243. The summed E-state index contributed by atoms with van der Waals surface area (Å²) in [6.45, 7) is 3.34. The summed E-state index contributed by atoms with van der Waals surface area (Å²) in [7, 11) is 4.85. The maximum absolute atomic E-state index is 9.20. The Morgan fingerprint density at radius 3 is 2.20 bits per heavy atom. The van der Waals surface area contributed by atoms with Crippen LogP contribution in [0.1, 0.15) is 25.3 Å². The Bertz CT molecular complexity index is 407. The van der Waals surface area contributed by atoms with E-state index in [1.807, 2.05) is 12.1 Å². The fourth-order valence-electron chi connectivity index (χ4n) is 1.98. The van der Waals surface area contributed by atoms with Gasteiger partial charge in [0, 0.05) is 18.2 Å². The zero-order chi connectivity index (χ0) is 15.0. The van der Waals surface area contributed by atoms with Crippen molar-refractivity contribution in [3.8, 4) is 17.2 Å². The molecule has 0 aliphatic carbocycles. The van der Waals surface area contributed by atoms with Gasteiger partial charge in [0.2, 0.25) is 0 Å². The highest BCUT2D eigenvalue weighted by Crippen LogP contribution is 2.34. The van der Waals surface area contributed by atoms with E-state index in [9.17, 15) is 5.11 Å². The Labute approximate surface area is 120 Å². The summed E-state index contributed by atoms with van der Waals surface area (Å²) in [6.07, 6.45) is 1.50. The molecule has 1 aromatic rings. The summed E-state index contributed by atoms with van der Waals surface area (Å²) >= 11 is 0. The van der Waals surface area contributed by atoms with Crippen molar-refractivity contribution in [2.24, 2.45) is 0 Å². The highest BCUT2D eigenvalue weighted by Gasteiger charge is 2.11. The molecule has 0 fully saturated rings. The first kappa shape index (κ1) is 16.6. The first-order valence-electron chi connectivity index (χ1n) is 6.80. The lowest BCUT2D eigenvalue weighted by atomic mass is 10.1. The Balaban J connectivity index is 2.63. The van der Waals surface area contributed by atoms with Gasteiger partial charge in [0.15, 0.2) is 11.5 Å². The predicted octanol–water partition coefficient (Wildman–Crippen LogP) is 1.96. The van der Waals surface area contributed by atoms with Crippen LogP contribution in [0, 0.1) is 0 Å². The van der Waals surface area contributed by atoms with Crippen molar-refractivity contribution in [3.05, 3.63) is 17.7 Å². The molecule has 0 amide bonds. The van der Waals surface area contributed by atoms with Gasteiger partial charge in [-0.1, -0.05) is 0 Å². The summed E-state index contributed by atoms with van der Waals surface area (Å²) in [4.78, 5) is 0. The molecular formula is C15H25NO4. The van der Waals surface area contributed by atoms with Crippen LogP contribution in [0.15, 0.2) is 12.1 Å². The third-order valence-electron chi connectivity index (χ3n) is 3.08. The lowest BCUT2D eigenvalue weighted by molar-refractivity contribution is 0.181. The molecule has 0 radical (unpaired) electrons. The first-order chi connectivity index (χ1) is 9.62. The number of aliphatic hydroxyl groups excluding tert-OH is 1. The van der Waals surface area contributed by atoms with Gasteiger partial charge in [-0.05, 0) is 32.4 Å². The monoisotopic (exact) mass is 283 g/mol. The zero-order valence-corrected chi connectivity index (χ0v) is 12.7. The van der Waals surface area contributed by atoms with E-state index in [0.29, 0.717) is 18.0 Å². The highest BCUT2D eigenvalue weighted by molar-refractivity contribution is 5.50. The van der Waals surface area contributed by atoms with Gasteiger partial charge in [0.25, 0.3) is 0 Å². The van der Waals surface area contributed by atoms with E-state index in [1.54, 1.807) is 28.3 Å². The molecule has 1 atom stereocenters. The molecule has 1 unspecified atom stereocenters. The molecule has 1 aromatic carbocycles. The van der Waals surface area contributed by atoms with Crippen molar-refractivity contribution in [2.45, 2.75) is 32.4 Å². The van der Waals surface area contributed by atoms with E-state index in [4.69, 9.17) is 14.2 Å². The molecule has 0 bridgehead atoms. The van der Waals surface area contributed by atoms with Crippen LogP contribution in [0.2, 0.25) is 0 Å². The normalized spacial score (nSPS) is 12.1. The lowest BCUT2D eigenvalue weighted by Gasteiger charge is -2.14. The van der Waals surface area contributed by atoms with Crippen LogP contribution < -0.4 is 19.5 Å². The van der Waals surface area contributed by atoms with Crippen molar-refractivity contribution >= 4 is 0 Å². The first-order valence-corrected chi connectivity index (χ1v) is 6.80. The summed E-state index contributed by atoms with van der Waals surface area (Å²) in [5, 5.41) is 12.5. The molecular weight excluding hydrogens is 258 g/mol. The van der Waals surface area contributed by atoms with E-state index >= 15 is 0 Å². The van der Waals surface area contributed by atoms with Gasteiger partial charge in [0.05, 0.1) is 27.4 Å².